The molecule has 2 unspecified atom stereocenters. The van der Waals surface area contributed by atoms with Crippen molar-refractivity contribution in [3.63, 3.8) is 0 Å². The van der Waals surface area contributed by atoms with Crippen LogP contribution in [-0.2, 0) is 0 Å². The van der Waals surface area contributed by atoms with Crippen LogP contribution < -0.4 is 10.1 Å². The number of hydrogen-bond donors (Lipinski definition) is 1. The molecule has 1 N–H and O–H groups in total. The van der Waals surface area contributed by atoms with Crippen LogP contribution in [0.3, 0.4) is 0 Å². The molecule has 4 heteroatoms. The third-order valence-corrected chi connectivity index (χ3v) is 3.46. The molecular weight excluding hydrogens is 237 g/mol. The van der Waals surface area contributed by atoms with Crippen LogP contribution in [0.5, 0.6) is 5.75 Å². The number of hydrogen-bond acceptors (Lipinski definition) is 3. The molecule has 17 heavy (non-hydrogen) atoms. The van der Waals surface area contributed by atoms with Crippen LogP contribution in [0.25, 0.3) is 0 Å². The van der Waals surface area contributed by atoms with Crippen LogP contribution in [0.15, 0.2) is 18.2 Å². The highest BCUT2D eigenvalue weighted by atomic mass is 32.2. The number of rotatable bonds is 6. The number of ether oxygens (including phenoxy) is 1. The number of thioether (sulfide) groups is 1. The number of methoxy groups -OCH3 is 1. The Labute approximate surface area is 107 Å². The Kier molecular flexibility index (Phi) is 5.78. The Morgan fingerprint density at radius 2 is 2.12 bits per heavy atom. The Bertz CT molecular complexity index is 359. The molecule has 1 aromatic carbocycles. The smallest absolute Gasteiger partial charge is 0.165 e. The number of halogens is 1. The summed E-state index contributed by atoms with van der Waals surface area (Å²) in [4.78, 5) is 0. The highest BCUT2D eigenvalue weighted by Gasteiger charge is 2.11. The molecule has 96 valence electrons. The van der Waals surface area contributed by atoms with Gasteiger partial charge in [-0.2, -0.15) is 11.8 Å². The molecule has 0 saturated carbocycles. The summed E-state index contributed by atoms with van der Waals surface area (Å²) >= 11 is 1.80. The van der Waals surface area contributed by atoms with E-state index in [-0.39, 0.29) is 17.6 Å². The quantitative estimate of drug-likeness (QED) is 0.845. The first-order valence-corrected chi connectivity index (χ1v) is 7.06. The second kappa shape index (κ2) is 6.87. The Balaban J connectivity index is 2.69. The van der Waals surface area contributed by atoms with E-state index in [2.05, 4.69) is 18.5 Å². The summed E-state index contributed by atoms with van der Waals surface area (Å²) in [6, 6.07) is 5.64. The van der Waals surface area contributed by atoms with Gasteiger partial charge in [0.15, 0.2) is 11.6 Å². The van der Waals surface area contributed by atoms with E-state index in [0.29, 0.717) is 6.04 Å². The molecule has 0 aliphatic heterocycles. The second-order valence-electron chi connectivity index (χ2n) is 4.14. The molecule has 0 fully saturated rings. The molecule has 0 radical (unpaired) electrons. The van der Waals surface area contributed by atoms with Gasteiger partial charge in [0.05, 0.1) is 7.11 Å². The minimum atomic E-state index is -0.309. The predicted octanol–water partition coefficient (Wildman–Crippen LogP) is 3.24. The van der Waals surface area contributed by atoms with E-state index < -0.39 is 0 Å². The minimum Gasteiger partial charge on any atom is -0.494 e. The fourth-order valence-corrected chi connectivity index (χ4v) is 2.37. The van der Waals surface area contributed by atoms with Crippen LogP contribution in [0.1, 0.15) is 25.5 Å². The van der Waals surface area contributed by atoms with Gasteiger partial charge >= 0.3 is 0 Å². The van der Waals surface area contributed by atoms with Gasteiger partial charge in [-0.3, -0.25) is 0 Å². The molecule has 0 spiro atoms. The molecule has 0 heterocycles. The van der Waals surface area contributed by atoms with E-state index in [1.807, 2.05) is 13.0 Å². The average Bonchev–Trinajstić information content (AvgIpc) is 2.29. The zero-order valence-electron chi connectivity index (χ0n) is 10.8. The normalized spacial score (nSPS) is 14.4. The van der Waals surface area contributed by atoms with Crippen molar-refractivity contribution in [1.82, 2.24) is 5.32 Å². The molecule has 0 aromatic heterocycles. The van der Waals surface area contributed by atoms with E-state index in [1.54, 1.807) is 17.8 Å². The Morgan fingerprint density at radius 1 is 1.41 bits per heavy atom. The standard InChI is InChI=1S/C13H20FNOS/c1-9(8-17-4)15-10(2)11-5-6-13(16-3)12(14)7-11/h5-7,9-10,15H,8H2,1-4H3. The summed E-state index contributed by atoms with van der Waals surface area (Å²) < 4.78 is 18.4. The molecule has 2 atom stereocenters. The van der Waals surface area contributed by atoms with Gasteiger partial charge < -0.3 is 10.1 Å². The molecule has 0 aliphatic rings. The third kappa shape index (κ3) is 4.21. The number of nitrogens with one attached hydrogen (secondary N) is 1. The summed E-state index contributed by atoms with van der Waals surface area (Å²) in [7, 11) is 1.47. The first-order chi connectivity index (χ1) is 8.08. The monoisotopic (exact) mass is 257 g/mol. The molecule has 0 saturated heterocycles. The molecule has 1 rings (SSSR count). The SMILES string of the molecule is COc1ccc(C(C)NC(C)CSC)cc1F. The van der Waals surface area contributed by atoms with Crippen molar-refractivity contribution in [1.29, 1.82) is 0 Å². The summed E-state index contributed by atoms with van der Waals surface area (Å²) in [5.41, 5.74) is 0.941. The summed E-state index contributed by atoms with van der Waals surface area (Å²) in [6.45, 7) is 4.17. The zero-order chi connectivity index (χ0) is 12.8. The van der Waals surface area contributed by atoms with Gasteiger partial charge in [0, 0.05) is 17.8 Å². The van der Waals surface area contributed by atoms with Crippen molar-refractivity contribution in [2.45, 2.75) is 25.9 Å². The lowest BCUT2D eigenvalue weighted by molar-refractivity contribution is 0.385. The second-order valence-corrected chi connectivity index (χ2v) is 5.05. The van der Waals surface area contributed by atoms with Gasteiger partial charge in [-0.1, -0.05) is 6.07 Å². The van der Waals surface area contributed by atoms with Gasteiger partial charge in [-0.05, 0) is 37.8 Å². The number of benzene rings is 1. The summed E-state index contributed by atoms with van der Waals surface area (Å²) in [6.07, 6.45) is 2.08. The molecule has 0 amide bonds. The van der Waals surface area contributed by atoms with Crippen molar-refractivity contribution in [2.75, 3.05) is 19.1 Å². The van der Waals surface area contributed by atoms with E-state index in [4.69, 9.17) is 4.74 Å². The zero-order valence-corrected chi connectivity index (χ0v) is 11.6. The van der Waals surface area contributed by atoms with Gasteiger partial charge in [-0.25, -0.2) is 4.39 Å². The first kappa shape index (κ1) is 14.3. The van der Waals surface area contributed by atoms with E-state index in [1.165, 1.54) is 13.2 Å². The van der Waals surface area contributed by atoms with Crippen LogP contribution in [0, 0.1) is 5.82 Å². The maximum absolute atomic E-state index is 13.5. The lowest BCUT2D eigenvalue weighted by Gasteiger charge is -2.20. The lowest BCUT2D eigenvalue weighted by Crippen LogP contribution is -2.30. The lowest BCUT2D eigenvalue weighted by atomic mass is 10.1. The van der Waals surface area contributed by atoms with Crippen molar-refractivity contribution < 1.29 is 9.13 Å². The van der Waals surface area contributed by atoms with E-state index >= 15 is 0 Å². The summed E-state index contributed by atoms with van der Waals surface area (Å²) in [5, 5.41) is 3.43. The van der Waals surface area contributed by atoms with E-state index in [9.17, 15) is 4.39 Å². The van der Waals surface area contributed by atoms with Gasteiger partial charge in [-0.15, -0.1) is 0 Å². The fourth-order valence-electron chi connectivity index (χ4n) is 1.77. The van der Waals surface area contributed by atoms with Gasteiger partial charge in [0.25, 0.3) is 0 Å². The summed E-state index contributed by atoms with van der Waals surface area (Å²) in [5.74, 6) is 1.03. The molecule has 2 nitrogen and oxygen atoms in total. The molecule has 0 bridgehead atoms. The van der Waals surface area contributed by atoms with Crippen molar-refractivity contribution in [3.05, 3.63) is 29.6 Å². The largest absolute Gasteiger partial charge is 0.494 e. The average molecular weight is 257 g/mol. The molecular formula is C13H20FNOS. The van der Waals surface area contributed by atoms with E-state index in [0.717, 1.165) is 11.3 Å². The molecule has 1 aromatic rings. The van der Waals surface area contributed by atoms with Crippen LogP contribution in [-0.4, -0.2) is 25.2 Å². The van der Waals surface area contributed by atoms with Crippen LogP contribution in [0.4, 0.5) is 4.39 Å². The third-order valence-electron chi connectivity index (χ3n) is 2.63. The first-order valence-electron chi connectivity index (χ1n) is 5.67. The maximum Gasteiger partial charge on any atom is 0.165 e. The van der Waals surface area contributed by atoms with Crippen molar-refractivity contribution in [3.8, 4) is 5.75 Å². The Morgan fingerprint density at radius 3 is 2.65 bits per heavy atom. The van der Waals surface area contributed by atoms with Crippen molar-refractivity contribution in [2.24, 2.45) is 0 Å². The highest BCUT2D eigenvalue weighted by molar-refractivity contribution is 7.98. The van der Waals surface area contributed by atoms with Crippen LogP contribution >= 0.6 is 11.8 Å². The highest BCUT2D eigenvalue weighted by Crippen LogP contribution is 2.22. The van der Waals surface area contributed by atoms with Gasteiger partial charge in [0.2, 0.25) is 0 Å². The topological polar surface area (TPSA) is 21.3 Å². The van der Waals surface area contributed by atoms with Crippen molar-refractivity contribution >= 4 is 11.8 Å². The molecule has 0 aliphatic carbocycles. The minimum absolute atomic E-state index is 0.137. The maximum atomic E-state index is 13.5. The Hall–Kier alpha value is -0.740. The predicted molar refractivity (Wildman–Crippen MR) is 72.3 cm³/mol. The van der Waals surface area contributed by atoms with Gasteiger partial charge in [0.1, 0.15) is 0 Å². The fraction of sp³-hybridized carbons (Fsp3) is 0.538. The van der Waals surface area contributed by atoms with Crippen LogP contribution in [0.2, 0.25) is 0 Å².